The fourth-order valence-electron chi connectivity index (χ4n) is 2.31. The van der Waals surface area contributed by atoms with E-state index in [1.807, 2.05) is 12.1 Å². The molecule has 2 rings (SSSR count). The molecule has 2 aromatic rings. The van der Waals surface area contributed by atoms with Crippen LogP contribution in [0.5, 0.6) is 0 Å². The Bertz CT molecular complexity index is 740. The molecule has 4 N–H and O–H groups in total. The van der Waals surface area contributed by atoms with Crippen LogP contribution in [0.15, 0.2) is 53.8 Å². The molecule has 4 heteroatoms. The van der Waals surface area contributed by atoms with Crippen LogP contribution in [-0.4, -0.2) is 10.9 Å². The highest BCUT2D eigenvalue weighted by atomic mass is 15.0. The van der Waals surface area contributed by atoms with Gasteiger partial charge in [-0.25, -0.2) is 4.99 Å². The van der Waals surface area contributed by atoms with Gasteiger partial charge in [0, 0.05) is 24.4 Å². The van der Waals surface area contributed by atoms with Gasteiger partial charge in [-0.15, -0.1) is 0 Å². The summed E-state index contributed by atoms with van der Waals surface area (Å²) in [6.07, 6.45) is 4.00. The first-order chi connectivity index (χ1) is 11.4. The molecule has 0 fully saturated rings. The van der Waals surface area contributed by atoms with Crippen molar-refractivity contribution in [3.63, 3.8) is 0 Å². The van der Waals surface area contributed by atoms with Gasteiger partial charge in [-0.3, -0.25) is 4.98 Å². The van der Waals surface area contributed by atoms with E-state index in [1.54, 1.807) is 12.4 Å². The molecule has 0 aliphatic heterocycles. The minimum atomic E-state index is -0.168. The summed E-state index contributed by atoms with van der Waals surface area (Å²) in [7, 11) is 0. The van der Waals surface area contributed by atoms with Gasteiger partial charge in [-0.1, -0.05) is 56.9 Å². The molecule has 1 aromatic carbocycles. The summed E-state index contributed by atoms with van der Waals surface area (Å²) in [5.74, 6) is 6.34. The first-order valence-electron chi connectivity index (χ1n) is 7.94. The van der Waals surface area contributed by atoms with Crippen molar-refractivity contribution in [2.45, 2.75) is 38.6 Å². The van der Waals surface area contributed by atoms with Gasteiger partial charge >= 0.3 is 0 Å². The third-order valence-corrected chi connectivity index (χ3v) is 3.67. The molecule has 0 spiro atoms. The molecular formula is C20H24N4. The summed E-state index contributed by atoms with van der Waals surface area (Å²) < 4.78 is 0. The topological polar surface area (TPSA) is 77.3 Å². The number of guanidine groups is 1. The summed E-state index contributed by atoms with van der Waals surface area (Å²) in [5.41, 5.74) is 14.5. The van der Waals surface area contributed by atoms with Crippen molar-refractivity contribution < 1.29 is 0 Å². The van der Waals surface area contributed by atoms with Crippen LogP contribution >= 0.6 is 0 Å². The zero-order valence-electron chi connectivity index (χ0n) is 14.5. The Labute approximate surface area is 144 Å². The third-order valence-electron chi connectivity index (χ3n) is 3.67. The standard InChI is InChI=1S/C20H24N4/c1-20(2,3)17-9-7-16(8-10-17)18(24-19(21)22)6-4-5-15-11-13-23-14-12-15/h7-14,18H,6H2,1-3H3,(H4,21,22,24). The first kappa shape index (κ1) is 17.6. The van der Waals surface area contributed by atoms with E-state index in [9.17, 15) is 0 Å². The van der Waals surface area contributed by atoms with E-state index >= 15 is 0 Å². The molecule has 0 aliphatic rings. The van der Waals surface area contributed by atoms with Gasteiger partial charge in [-0.2, -0.15) is 0 Å². The SMILES string of the molecule is CC(C)(C)c1ccc(C(CC#Cc2ccncc2)N=C(N)N)cc1. The molecule has 0 aliphatic carbocycles. The maximum Gasteiger partial charge on any atom is 0.186 e. The molecule has 1 aromatic heterocycles. The van der Waals surface area contributed by atoms with Crippen LogP contribution in [0, 0.1) is 11.8 Å². The van der Waals surface area contributed by atoms with Crippen LogP contribution in [0.25, 0.3) is 0 Å². The van der Waals surface area contributed by atoms with Crippen LogP contribution in [0.3, 0.4) is 0 Å². The number of nitrogens with two attached hydrogens (primary N) is 2. The Kier molecular flexibility index (Phi) is 5.59. The minimum Gasteiger partial charge on any atom is -0.370 e. The molecule has 1 atom stereocenters. The van der Waals surface area contributed by atoms with Crippen LogP contribution in [0.1, 0.15) is 49.9 Å². The van der Waals surface area contributed by atoms with Crippen LogP contribution in [0.4, 0.5) is 0 Å². The quantitative estimate of drug-likeness (QED) is 0.518. The first-order valence-corrected chi connectivity index (χ1v) is 7.94. The number of aromatic nitrogens is 1. The zero-order valence-corrected chi connectivity index (χ0v) is 14.5. The van der Waals surface area contributed by atoms with Gasteiger partial charge in [0.15, 0.2) is 5.96 Å². The van der Waals surface area contributed by atoms with Crippen molar-refractivity contribution >= 4 is 5.96 Å². The second kappa shape index (κ2) is 7.65. The Morgan fingerprint density at radius 2 is 1.71 bits per heavy atom. The third kappa shape index (κ3) is 5.13. The number of nitrogens with zero attached hydrogens (tertiary/aromatic N) is 2. The Morgan fingerprint density at radius 3 is 2.25 bits per heavy atom. The number of aliphatic imine (C=N–C) groups is 1. The fraction of sp³-hybridized carbons (Fsp3) is 0.300. The van der Waals surface area contributed by atoms with Crippen LogP contribution in [-0.2, 0) is 5.41 Å². The van der Waals surface area contributed by atoms with Crippen molar-refractivity contribution in [2.75, 3.05) is 0 Å². The number of pyridine rings is 1. The second-order valence-corrected chi connectivity index (χ2v) is 6.68. The molecule has 0 saturated carbocycles. The lowest BCUT2D eigenvalue weighted by atomic mass is 9.86. The number of hydrogen-bond donors (Lipinski definition) is 2. The Hall–Kier alpha value is -2.80. The van der Waals surface area contributed by atoms with Gasteiger partial charge in [0.2, 0.25) is 0 Å². The van der Waals surface area contributed by atoms with Crippen LogP contribution in [0.2, 0.25) is 0 Å². The summed E-state index contributed by atoms with van der Waals surface area (Å²) in [6.45, 7) is 6.57. The molecule has 0 radical (unpaired) electrons. The smallest absolute Gasteiger partial charge is 0.186 e. The van der Waals surface area contributed by atoms with Crippen molar-refractivity contribution in [3.05, 3.63) is 65.5 Å². The van der Waals surface area contributed by atoms with Gasteiger partial charge in [0.05, 0.1) is 6.04 Å². The number of rotatable bonds is 3. The molecule has 4 nitrogen and oxygen atoms in total. The van der Waals surface area contributed by atoms with Gasteiger partial charge in [0.25, 0.3) is 0 Å². The van der Waals surface area contributed by atoms with E-state index in [0.717, 1.165) is 11.1 Å². The molecular weight excluding hydrogens is 296 g/mol. The van der Waals surface area contributed by atoms with Crippen molar-refractivity contribution in [1.82, 2.24) is 4.98 Å². The summed E-state index contributed by atoms with van der Waals surface area (Å²) in [4.78, 5) is 8.31. The minimum absolute atomic E-state index is 0.0746. The molecule has 1 heterocycles. The maximum absolute atomic E-state index is 5.58. The lowest BCUT2D eigenvalue weighted by Gasteiger charge is -2.20. The largest absolute Gasteiger partial charge is 0.370 e. The van der Waals surface area contributed by atoms with E-state index in [2.05, 4.69) is 66.9 Å². The predicted molar refractivity (Wildman–Crippen MR) is 99.4 cm³/mol. The van der Waals surface area contributed by atoms with E-state index in [0.29, 0.717) is 6.42 Å². The van der Waals surface area contributed by atoms with E-state index in [4.69, 9.17) is 11.5 Å². The van der Waals surface area contributed by atoms with E-state index in [1.165, 1.54) is 5.56 Å². The van der Waals surface area contributed by atoms with E-state index in [-0.39, 0.29) is 17.4 Å². The number of hydrogen-bond acceptors (Lipinski definition) is 2. The molecule has 1 unspecified atom stereocenters. The Balaban J connectivity index is 2.20. The fourth-order valence-corrected chi connectivity index (χ4v) is 2.31. The zero-order chi connectivity index (χ0) is 17.6. The van der Waals surface area contributed by atoms with Crippen molar-refractivity contribution in [1.29, 1.82) is 0 Å². The molecule has 0 bridgehead atoms. The highest BCUT2D eigenvalue weighted by Gasteiger charge is 2.15. The average molecular weight is 320 g/mol. The molecule has 0 saturated heterocycles. The van der Waals surface area contributed by atoms with Gasteiger partial charge < -0.3 is 11.5 Å². The number of benzene rings is 1. The normalized spacial score (nSPS) is 12.0. The van der Waals surface area contributed by atoms with E-state index < -0.39 is 0 Å². The Morgan fingerprint density at radius 1 is 1.08 bits per heavy atom. The summed E-state index contributed by atoms with van der Waals surface area (Å²) >= 11 is 0. The van der Waals surface area contributed by atoms with Gasteiger partial charge in [0.1, 0.15) is 0 Å². The molecule has 0 amide bonds. The molecule has 124 valence electrons. The molecule has 24 heavy (non-hydrogen) atoms. The predicted octanol–water partition coefficient (Wildman–Crippen LogP) is 3.14. The lowest BCUT2D eigenvalue weighted by molar-refractivity contribution is 0.589. The maximum atomic E-state index is 5.58. The highest BCUT2D eigenvalue weighted by Crippen LogP contribution is 2.26. The monoisotopic (exact) mass is 320 g/mol. The van der Waals surface area contributed by atoms with Crippen molar-refractivity contribution in [2.24, 2.45) is 16.5 Å². The summed E-state index contributed by atoms with van der Waals surface area (Å²) in [5, 5.41) is 0. The lowest BCUT2D eigenvalue weighted by Crippen LogP contribution is -2.23. The van der Waals surface area contributed by atoms with Crippen LogP contribution < -0.4 is 11.5 Å². The summed E-state index contributed by atoms with van der Waals surface area (Å²) in [6, 6.07) is 12.0. The highest BCUT2D eigenvalue weighted by molar-refractivity contribution is 5.76. The van der Waals surface area contributed by atoms with Gasteiger partial charge in [-0.05, 0) is 28.7 Å². The average Bonchev–Trinajstić information content (AvgIpc) is 2.54. The van der Waals surface area contributed by atoms with Crippen molar-refractivity contribution in [3.8, 4) is 11.8 Å². The second-order valence-electron chi connectivity index (χ2n) is 6.68.